The maximum absolute atomic E-state index is 13.4. The van der Waals surface area contributed by atoms with E-state index in [4.69, 9.17) is 9.47 Å². The van der Waals surface area contributed by atoms with Crippen molar-refractivity contribution < 1.29 is 23.9 Å². The zero-order chi connectivity index (χ0) is 24.4. The van der Waals surface area contributed by atoms with Gasteiger partial charge < -0.3 is 9.47 Å². The molecule has 0 atom stereocenters. The summed E-state index contributed by atoms with van der Waals surface area (Å²) in [6.45, 7) is 8.50. The molecule has 3 aromatic rings. The maximum atomic E-state index is 13.4. The number of amides is 4. The van der Waals surface area contributed by atoms with E-state index in [9.17, 15) is 14.4 Å². The lowest BCUT2D eigenvalue weighted by atomic mass is 9.99. The number of nitrogens with one attached hydrogen (secondary N) is 1. The van der Waals surface area contributed by atoms with Gasteiger partial charge in [0.25, 0.3) is 11.8 Å². The molecule has 0 radical (unpaired) electrons. The molecular weight excluding hydrogens is 432 g/mol. The van der Waals surface area contributed by atoms with Crippen LogP contribution in [0.15, 0.2) is 54.1 Å². The lowest BCUT2D eigenvalue weighted by Crippen LogP contribution is -2.54. The second-order valence-electron chi connectivity index (χ2n) is 7.95. The van der Waals surface area contributed by atoms with Gasteiger partial charge in [0.1, 0.15) is 17.1 Å². The fraction of sp³-hybridized carbons (Fsp3) is 0.222. The summed E-state index contributed by atoms with van der Waals surface area (Å²) in [5, 5.41) is 3.94. The van der Waals surface area contributed by atoms with Crippen molar-refractivity contribution in [3.05, 3.63) is 70.8 Å². The summed E-state index contributed by atoms with van der Waals surface area (Å²) in [6, 6.07) is 13.8. The van der Waals surface area contributed by atoms with Gasteiger partial charge in [-0.2, -0.15) is 0 Å². The summed E-state index contributed by atoms with van der Waals surface area (Å²) < 4.78 is 11.5. The van der Waals surface area contributed by atoms with Gasteiger partial charge >= 0.3 is 6.03 Å². The number of ether oxygens (including phenoxy) is 2. The highest BCUT2D eigenvalue weighted by molar-refractivity contribution is 6.39. The Labute approximate surface area is 198 Å². The Morgan fingerprint density at radius 2 is 1.62 bits per heavy atom. The summed E-state index contributed by atoms with van der Waals surface area (Å²) in [7, 11) is 0. The van der Waals surface area contributed by atoms with Crippen molar-refractivity contribution in [2.24, 2.45) is 0 Å². The molecule has 1 aliphatic rings. The first kappa shape index (κ1) is 23.0. The number of barbiturate groups is 1. The maximum Gasteiger partial charge on any atom is 0.335 e. The monoisotopic (exact) mass is 458 g/mol. The number of hydrogen-bond acceptors (Lipinski definition) is 5. The van der Waals surface area contributed by atoms with Crippen LogP contribution in [0.4, 0.5) is 10.5 Å². The third-order valence-corrected chi connectivity index (χ3v) is 5.74. The molecule has 3 aromatic carbocycles. The van der Waals surface area contributed by atoms with Gasteiger partial charge in [-0.15, -0.1) is 0 Å². The number of aryl methyl sites for hydroxylation is 2. The average Bonchev–Trinajstić information content (AvgIpc) is 2.80. The Kier molecular flexibility index (Phi) is 6.36. The quantitative estimate of drug-likeness (QED) is 0.419. The van der Waals surface area contributed by atoms with E-state index in [0.29, 0.717) is 36.0 Å². The fourth-order valence-electron chi connectivity index (χ4n) is 3.89. The third kappa shape index (κ3) is 4.24. The number of imide groups is 2. The van der Waals surface area contributed by atoms with Crippen LogP contribution in [0.2, 0.25) is 0 Å². The minimum atomic E-state index is -0.781. The molecule has 4 amide bonds. The highest BCUT2D eigenvalue weighted by atomic mass is 16.5. The van der Waals surface area contributed by atoms with Crippen LogP contribution in [-0.4, -0.2) is 31.1 Å². The third-order valence-electron chi connectivity index (χ3n) is 5.74. The number of fused-ring (bicyclic) bond motifs is 1. The van der Waals surface area contributed by atoms with Gasteiger partial charge in [-0.1, -0.05) is 18.2 Å². The summed E-state index contributed by atoms with van der Waals surface area (Å²) in [4.78, 5) is 39.8. The molecule has 0 saturated carbocycles. The molecule has 1 aliphatic heterocycles. The van der Waals surface area contributed by atoms with E-state index in [0.717, 1.165) is 26.8 Å². The lowest BCUT2D eigenvalue weighted by molar-refractivity contribution is -0.122. The number of carbonyl (C=O) groups excluding carboxylic acids is 3. The van der Waals surface area contributed by atoms with Gasteiger partial charge in [0.2, 0.25) is 0 Å². The smallest absolute Gasteiger partial charge is 0.335 e. The predicted molar refractivity (Wildman–Crippen MR) is 131 cm³/mol. The van der Waals surface area contributed by atoms with Gasteiger partial charge in [-0.3, -0.25) is 14.9 Å². The van der Waals surface area contributed by atoms with E-state index < -0.39 is 17.8 Å². The highest BCUT2D eigenvalue weighted by Gasteiger charge is 2.37. The molecule has 7 heteroatoms. The molecule has 0 unspecified atom stereocenters. The normalized spacial score (nSPS) is 15.1. The fourth-order valence-corrected chi connectivity index (χ4v) is 3.89. The zero-order valence-corrected chi connectivity index (χ0v) is 19.6. The molecule has 4 rings (SSSR count). The molecule has 1 heterocycles. The Morgan fingerprint density at radius 3 is 2.32 bits per heavy atom. The van der Waals surface area contributed by atoms with Crippen molar-refractivity contribution in [1.29, 1.82) is 0 Å². The van der Waals surface area contributed by atoms with Crippen molar-refractivity contribution in [2.45, 2.75) is 27.7 Å². The summed E-state index contributed by atoms with van der Waals surface area (Å²) >= 11 is 0. The number of nitrogens with zero attached hydrogens (tertiary/aromatic N) is 1. The van der Waals surface area contributed by atoms with Crippen LogP contribution in [0.1, 0.15) is 30.5 Å². The summed E-state index contributed by atoms with van der Waals surface area (Å²) in [5.74, 6) is -0.269. The Morgan fingerprint density at radius 1 is 0.882 bits per heavy atom. The topological polar surface area (TPSA) is 84.9 Å². The van der Waals surface area contributed by atoms with E-state index in [1.165, 1.54) is 6.08 Å². The Balaban J connectivity index is 1.88. The van der Waals surface area contributed by atoms with E-state index in [2.05, 4.69) is 5.32 Å². The Bertz CT molecular complexity index is 1340. The first-order valence-electron chi connectivity index (χ1n) is 11.1. The number of hydrogen-bond donors (Lipinski definition) is 1. The first-order valence-corrected chi connectivity index (χ1v) is 11.1. The van der Waals surface area contributed by atoms with Crippen LogP contribution in [0.3, 0.4) is 0 Å². The van der Waals surface area contributed by atoms with Crippen molar-refractivity contribution in [3.63, 3.8) is 0 Å². The molecule has 1 saturated heterocycles. The van der Waals surface area contributed by atoms with Crippen molar-refractivity contribution in [3.8, 4) is 11.5 Å². The van der Waals surface area contributed by atoms with Crippen LogP contribution in [0.25, 0.3) is 16.8 Å². The standard InChI is InChI=1S/C27H26N2O5/c1-5-33-20-11-8-18-9-12-24(34-6-2)22(21(18)14-20)15-23-25(30)28-27(32)29(26(23)31)19-10-7-16(3)17(4)13-19/h7-15H,5-6H2,1-4H3,(H,28,30,32)/b23-15+. The van der Waals surface area contributed by atoms with Crippen LogP contribution in [0.5, 0.6) is 11.5 Å². The van der Waals surface area contributed by atoms with Crippen molar-refractivity contribution >= 4 is 40.4 Å². The van der Waals surface area contributed by atoms with E-state index >= 15 is 0 Å². The van der Waals surface area contributed by atoms with Gasteiger partial charge in [-0.05, 0) is 86.0 Å². The molecule has 0 aromatic heterocycles. The SMILES string of the molecule is CCOc1ccc2ccc(OCC)c(/C=C3\C(=O)NC(=O)N(c4ccc(C)c(C)c4)C3=O)c2c1. The van der Waals surface area contributed by atoms with E-state index in [1.807, 2.05) is 58.0 Å². The Hall–Kier alpha value is -4.13. The van der Waals surface area contributed by atoms with E-state index in [1.54, 1.807) is 18.2 Å². The predicted octanol–water partition coefficient (Wildman–Crippen LogP) is 4.92. The number of rotatable bonds is 6. The van der Waals surface area contributed by atoms with Gasteiger partial charge in [0, 0.05) is 5.56 Å². The largest absolute Gasteiger partial charge is 0.494 e. The molecule has 174 valence electrons. The van der Waals surface area contributed by atoms with Crippen LogP contribution in [0, 0.1) is 13.8 Å². The molecule has 1 N–H and O–H groups in total. The molecule has 1 fully saturated rings. The van der Waals surface area contributed by atoms with Crippen LogP contribution < -0.4 is 19.7 Å². The van der Waals surface area contributed by atoms with Crippen molar-refractivity contribution in [1.82, 2.24) is 5.32 Å². The minimum absolute atomic E-state index is 0.159. The van der Waals surface area contributed by atoms with Gasteiger partial charge in [-0.25, -0.2) is 9.69 Å². The van der Waals surface area contributed by atoms with Gasteiger partial charge in [0.15, 0.2) is 0 Å². The van der Waals surface area contributed by atoms with E-state index in [-0.39, 0.29) is 5.57 Å². The lowest BCUT2D eigenvalue weighted by Gasteiger charge is -2.27. The number of benzene rings is 3. The number of anilines is 1. The second kappa shape index (κ2) is 9.39. The highest BCUT2D eigenvalue weighted by Crippen LogP contribution is 2.34. The second-order valence-corrected chi connectivity index (χ2v) is 7.95. The molecule has 34 heavy (non-hydrogen) atoms. The first-order chi connectivity index (χ1) is 16.3. The molecule has 0 spiro atoms. The van der Waals surface area contributed by atoms with Crippen molar-refractivity contribution in [2.75, 3.05) is 18.1 Å². The van der Waals surface area contributed by atoms with Crippen LogP contribution in [-0.2, 0) is 9.59 Å². The molecule has 0 bridgehead atoms. The molecule has 0 aliphatic carbocycles. The summed E-state index contributed by atoms with van der Waals surface area (Å²) in [5.41, 5.74) is 2.76. The average molecular weight is 459 g/mol. The summed E-state index contributed by atoms with van der Waals surface area (Å²) in [6.07, 6.45) is 1.49. The van der Waals surface area contributed by atoms with Crippen LogP contribution >= 0.6 is 0 Å². The number of urea groups is 1. The number of carbonyl (C=O) groups is 3. The zero-order valence-electron chi connectivity index (χ0n) is 19.6. The molecular formula is C27H26N2O5. The molecule has 7 nitrogen and oxygen atoms in total. The van der Waals surface area contributed by atoms with Gasteiger partial charge in [0.05, 0.1) is 18.9 Å². The minimum Gasteiger partial charge on any atom is -0.494 e.